The zero-order valence-electron chi connectivity index (χ0n) is 22.0. The van der Waals surface area contributed by atoms with E-state index in [0.717, 1.165) is 34.4 Å². The van der Waals surface area contributed by atoms with Crippen LogP contribution in [0.25, 0.3) is 11.1 Å². The summed E-state index contributed by atoms with van der Waals surface area (Å²) in [6.07, 6.45) is 3.18. The average Bonchev–Trinajstić information content (AvgIpc) is 3.41. The Morgan fingerprint density at radius 2 is 1.92 bits per heavy atom. The molecule has 2 heterocycles. The normalized spacial score (nSPS) is 19.8. The lowest BCUT2D eigenvalue weighted by Crippen LogP contribution is -2.22. The average molecular weight is 505 g/mol. The van der Waals surface area contributed by atoms with Crippen molar-refractivity contribution in [3.8, 4) is 22.9 Å². The first-order valence-corrected chi connectivity index (χ1v) is 12.8. The first-order valence-electron chi connectivity index (χ1n) is 12.8. The fourth-order valence-corrected chi connectivity index (χ4v) is 5.48. The summed E-state index contributed by atoms with van der Waals surface area (Å²) in [4.78, 5) is 20.7. The van der Waals surface area contributed by atoms with Crippen molar-refractivity contribution < 1.29 is 23.8 Å². The van der Waals surface area contributed by atoms with Crippen LogP contribution < -0.4 is 9.47 Å². The van der Waals surface area contributed by atoms with Gasteiger partial charge in [-0.15, -0.1) is 0 Å². The molecule has 3 atom stereocenters. The number of hydrogen-bond acceptors (Lipinski definition) is 6. The van der Waals surface area contributed by atoms with Crippen LogP contribution in [0, 0.1) is 31.5 Å². The highest BCUT2D eigenvalue weighted by atomic mass is 19.1. The molecule has 2 aliphatic rings. The van der Waals surface area contributed by atoms with Gasteiger partial charge in [-0.2, -0.15) is 0 Å². The van der Waals surface area contributed by atoms with Crippen molar-refractivity contribution in [2.45, 2.75) is 65.6 Å². The molecule has 194 valence electrons. The molecule has 1 aromatic carbocycles. The summed E-state index contributed by atoms with van der Waals surface area (Å²) >= 11 is 0. The van der Waals surface area contributed by atoms with Gasteiger partial charge in [0, 0.05) is 47.5 Å². The van der Waals surface area contributed by atoms with Gasteiger partial charge in [0.1, 0.15) is 18.2 Å². The number of halogens is 1. The highest BCUT2D eigenvalue weighted by molar-refractivity contribution is 5.84. The van der Waals surface area contributed by atoms with E-state index in [1.54, 1.807) is 26.8 Å². The number of ketones is 1. The van der Waals surface area contributed by atoms with E-state index < -0.39 is 5.60 Å². The van der Waals surface area contributed by atoms with Crippen molar-refractivity contribution in [1.29, 1.82) is 0 Å². The Morgan fingerprint density at radius 1 is 1.14 bits per heavy atom. The third-order valence-electron chi connectivity index (χ3n) is 7.54. The smallest absolute Gasteiger partial charge is 0.213 e. The van der Waals surface area contributed by atoms with Crippen LogP contribution in [-0.2, 0) is 17.8 Å². The van der Waals surface area contributed by atoms with Crippen LogP contribution >= 0.6 is 0 Å². The van der Waals surface area contributed by atoms with Gasteiger partial charge in [-0.05, 0) is 93.3 Å². The van der Waals surface area contributed by atoms with Gasteiger partial charge in [0.2, 0.25) is 11.8 Å². The molecule has 6 nitrogen and oxygen atoms in total. The molecule has 2 aliphatic carbocycles. The number of benzene rings is 1. The first-order chi connectivity index (χ1) is 17.5. The second-order valence-electron chi connectivity index (χ2n) is 11.0. The van der Waals surface area contributed by atoms with Crippen LogP contribution in [0.4, 0.5) is 4.39 Å². The Morgan fingerprint density at radius 3 is 2.62 bits per heavy atom. The predicted octanol–water partition coefficient (Wildman–Crippen LogP) is 5.49. The Labute approximate surface area is 216 Å². The van der Waals surface area contributed by atoms with Crippen LogP contribution in [0.2, 0.25) is 0 Å². The number of aryl methyl sites for hydroxylation is 2. The zero-order chi connectivity index (χ0) is 26.5. The van der Waals surface area contributed by atoms with Gasteiger partial charge in [0.25, 0.3) is 0 Å². The van der Waals surface area contributed by atoms with Gasteiger partial charge in [0.15, 0.2) is 0 Å². The summed E-state index contributed by atoms with van der Waals surface area (Å²) in [5, 5.41) is 9.86. The van der Waals surface area contributed by atoms with E-state index in [1.165, 1.54) is 11.6 Å². The molecule has 1 N–H and O–H groups in total. The van der Waals surface area contributed by atoms with Crippen molar-refractivity contribution in [2.75, 3.05) is 6.61 Å². The summed E-state index contributed by atoms with van der Waals surface area (Å²) in [7, 11) is 0. The van der Waals surface area contributed by atoms with E-state index >= 15 is 0 Å². The molecular formula is C30H33FN2O4. The number of Topliss-reactive ketones (excluding diaryl/α,β-unsaturated/α-hetero) is 1. The molecule has 3 aromatic rings. The van der Waals surface area contributed by atoms with Gasteiger partial charge < -0.3 is 14.6 Å². The van der Waals surface area contributed by atoms with Gasteiger partial charge in [-0.25, -0.2) is 14.4 Å². The number of hydrogen-bond donors (Lipinski definition) is 1. The largest absolute Gasteiger partial charge is 0.478 e. The van der Waals surface area contributed by atoms with E-state index in [2.05, 4.69) is 9.97 Å². The highest BCUT2D eigenvalue weighted by Gasteiger charge is 2.58. The second kappa shape index (κ2) is 9.53. The standard InChI is InChI=1S/C30H33FN2O4/c1-16-10-25(31)20(12-22(16)21-6-7-26(33-17(21)2)36-9-8-30(4,5)35)15-37-27-13-19-11-23-28(18(3)34)29(23)24(19)14-32-27/h6-7,10,12-14,23,28-29,35H,8-9,11,15H2,1-5H3/t23-,28-,29+/m0/s1. The Bertz CT molecular complexity index is 1360. The molecule has 37 heavy (non-hydrogen) atoms. The zero-order valence-corrected chi connectivity index (χ0v) is 22.0. The quantitative estimate of drug-likeness (QED) is 0.415. The molecule has 0 spiro atoms. The fourth-order valence-electron chi connectivity index (χ4n) is 5.48. The summed E-state index contributed by atoms with van der Waals surface area (Å²) in [5.41, 5.74) is 5.31. The summed E-state index contributed by atoms with van der Waals surface area (Å²) < 4.78 is 26.5. The van der Waals surface area contributed by atoms with Crippen molar-refractivity contribution in [3.05, 3.63) is 70.3 Å². The number of carbonyl (C=O) groups is 1. The number of rotatable bonds is 9. The van der Waals surface area contributed by atoms with Gasteiger partial charge >= 0.3 is 0 Å². The van der Waals surface area contributed by atoms with Crippen molar-refractivity contribution in [2.24, 2.45) is 11.8 Å². The van der Waals surface area contributed by atoms with E-state index in [9.17, 15) is 14.3 Å². The van der Waals surface area contributed by atoms with Crippen LogP contribution in [0.5, 0.6) is 11.8 Å². The highest BCUT2D eigenvalue weighted by Crippen LogP contribution is 2.61. The van der Waals surface area contributed by atoms with Crippen LogP contribution in [0.1, 0.15) is 61.1 Å². The van der Waals surface area contributed by atoms with Crippen LogP contribution in [0.15, 0.2) is 36.5 Å². The van der Waals surface area contributed by atoms with Gasteiger partial charge in [-0.1, -0.05) is 0 Å². The first kappa shape index (κ1) is 25.3. The number of nitrogens with zero attached hydrogens (tertiary/aromatic N) is 2. The maximum absolute atomic E-state index is 14.9. The topological polar surface area (TPSA) is 81.5 Å². The molecule has 1 fully saturated rings. The molecule has 5 rings (SSSR count). The lowest BCUT2D eigenvalue weighted by Gasteiger charge is -2.17. The molecule has 2 aromatic heterocycles. The number of carbonyl (C=O) groups excluding carboxylic acids is 1. The Kier molecular flexibility index (Phi) is 6.52. The van der Waals surface area contributed by atoms with Crippen LogP contribution in [0.3, 0.4) is 0 Å². The minimum atomic E-state index is -0.799. The molecule has 0 radical (unpaired) electrons. The van der Waals surface area contributed by atoms with Gasteiger partial charge in [-0.3, -0.25) is 4.79 Å². The third-order valence-corrected chi connectivity index (χ3v) is 7.54. The van der Waals surface area contributed by atoms with Crippen molar-refractivity contribution in [3.63, 3.8) is 0 Å². The molecule has 0 bridgehead atoms. The Hall–Kier alpha value is -3.32. The third kappa shape index (κ3) is 5.23. The molecule has 1 saturated carbocycles. The summed E-state index contributed by atoms with van der Waals surface area (Å²) in [6.45, 7) is 9.33. The lowest BCUT2D eigenvalue weighted by atomic mass is 9.97. The lowest BCUT2D eigenvalue weighted by molar-refractivity contribution is -0.118. The molecular weight excluding hydrogens is 471 g/mol. The maximum Gasteiger partial charge on any atom is 0.213 e. The molecule has 7 heteroatoms. The minimum Gasteiger partial charge on any atom is -0.478 e. The maximum atomic E-state index is 14.9. The van der Waals surface area contributed by atoms with E-state index in [1.807, 2.05) is 38.2 Å². The Balaban J connectivity index is 1.29. The van der Waals surface area contributed by atoms with E-state index in [-0.39, 0.29) is 24.1 Å². The van der Waals surface area contributed by atoms with Crippen LogP contribution in [-0.4, -0.2) is 33.1 Å². The van der Waals surface area contributed by atoms with Gasteiger partial charge in [0.05, 0.1) is 12.2 Å². The molecule has 0 aliphatic heterocycles. The molecule has 0 saturated heterocycles. The molecule has 0 unspecified atom stereocenters. The van der Waals surface area contributed by atoms with E-state index in [0.29, 0.717) is 42.2 Å². The molecule has 0 amide bonds. The number of aromatic nitrogens is 2. The SMILES string of the molecule is CC(=O)[C@H]1[C@@H]2Cc3cc(OCc4cc(-c5ccc(OCCC(C)(C)O)nc5C)c(C)cc4F)ncc3[C@@H]21. The van der Waals surface area contributed by atoms with E-state index in [4.69, 9.17) is 9.47 Å². The summed E-state index contributed by atoms with van der Waals surface area (Å²) in [5.74, 6) is 1.73. The minimum absolute atomic E-state index is 0.0540. The number of ether oxygens (including phenoxy) is 2. The number of fused-ring (bicyclic) bond motifs is 3. The monoisotopic (exact) mass is 504 g/mol. The fraction of sp³-hybridized carbons (Fsp3) is 0.433. The van der Waals surface area contributed by atoms with Crippen molar-refractivity contribution >= 4 is 5.78 Å². The number of pyridine rings is 2. The van der Waals surface area contributed by atoms with Crippen molar-refractivity contribution in [1.82, 2.24) is 9.97 Å². The summed E-state index contributed by atoms with van der Waals surface area (Å²) in [6, 6.07) is 8.97. The number of aliphatic hydroxyl groups is 1. The second-order valence-corrected chi connectivity index (χ2v) is 11.0. The predicted molar refractivity (Wildman–Crippen MR) is 138 cm³/mol.